The maximum absolute atomic E-state index is 12.6. The fraction of sp³-hybridized carbons (Fsp3) is 0.800. The summed E-state index contributed by atoms with van der Waals surface area (Å²) in [7, 11) is 0. The van der Waals surface area contributed by atoms with Crippen LogP contribution in [0.15, 0.2) is 12.7 Å². The highest BCUT2D eigenvalue weighted by atomic mass is 127. The average molecular weight is 520 g/mol. The van der Waals surface area contributed by atoms with E-state index in [1.54, 1.807) is 0 Å². The number of hydrogen-bond acceptors (Lipinski definition) is 0. The third-order valence-corrected chi connectivity index (χ3v) is 2.98. The second kappa shape index (κ2) is 8.02. The van der Waals surface area contributed by atoms with Crippen LogP contribution in [-0.4, -0.2) is 40.5 Å². The highest BCUT2D eigenvalue weighted by Crippen LogP contribution is 2.48. The molecule has 0 saturated heterocycles. The molecule has 0 atom stereocenters. The first-order valence-electron chi connectivity index (χ1n) is 5.46. The summed E-state index contributed by atoms with van der Waals surface area (Å²) in [5.41, 5.74) is -10.4. The minimum absolute atomic E-state index is 0.562. The van der Waals surface area contributed by atoms with Gasteiger partial charge in [0.15, 0.2) is 0 Å². The third kappa shape index (κ3) is 6.01. The maximum atomic E-state index is 12.6. The molecule has 0 aromatic rings. The van der Waals surface area contributed by atoms with Crippen molar-refractivity contribution in [2.45, 2.75) is 42.5 Å². The molecule has 152 valence electrons. The van der Waals surface area contributed by atoms with Crippen molar-refractivity contribution >= 4 is 22.6 Å². The Bertz CT molecular complexity index is 397. The van der Waals surface area contributed by atoms with E-state index in [0.29, 0.717) is 0 Å². The normalized spacial score (nSPS) is 14.7. The van der Waals surface area contributed by atoms with Crippen LogP contribution in [0.4, 0.5) is 61.5 Å². The van der Waals surface area contributed by atoms with Crippen molar-refractivity contribution in [1.82, 2.24) is 0 Å². The Balaban J connectivity index is 0. The summed E-state index contributed by atoms with van der Waals surface area (Å²) in [5, 5.41) is 0. The predicted octanol–water partition coefficient (Wildman–Crippen LogP) is 6.65. The largest absolute Gasteiger partial charge is 0.435 e. The Morgan fingerprint density at radius 3 is 0.920 bits per heavy atom. The van der Waals surface area contributed by atoms with Crippen LogP contribution in [0.2, 0.25) is 0 Å². The van der Waals surface area contributed by atoms with Gasteiger partial charge in [-0.2, -0.15) is 52.7 Å². The summed E-state index contributed by atoms with van der Waals surface area (Å²) >= 11 is 1.25. The Labute approximate surface area is 144 Å². The van der Waals surface area contributed by atoms with Crippen molar-refractivity contribution in [1.29, 1.82) is 0 Å². The average Bonchev–Trinajstić information content (AvgIpc) is 2.33. The van der Waals surface area contributed by atoms with E-state index < -0.39 is 53.0 Å². The van der Waals surface area contributed by atoms with Gasteiger partial charge in [-0.15, -0.1) is 0 Å². The minimum atomic E-state index is -6.02. The number of rotatable bonds is 3. The van der Waals surface area contributed by atoms with Gasteiger partial charge in [0.05, 0.1) is 0 Å². The molecule has 0 N–H and O–H groups in total. The maximum Gasteiger partial charge on any atom is 0.435 e. The van der Waals surface area contributed by atoms with Gasteiger partial charge in [-0.3, -0.25) is 0 Å². The fourth-order valence-electron chi connectivity index (χ4n) is 0.967. The molecule has 0 bridgehead atoms. The first-order chi connectivity index (χ1) is 10.6. The van der Waals surface area contributed by atoms with Gasteiger partial charge >= 0.3 is 30.4 Å². The van der Waals surface area contributed by atoms with Crippen LogP contribution in [0, 0.1) is 0 Å². The Morgan fingerprint density at radius 2 is 0.880 bits per heavy atom. The lowest BCUT2D eigenvalue weighted by Crippen LogP contribution is -2.53. The van der Waals surface area contributed by atoms with Crippen molar-refractivity contribution in [3.05, 3.63) is 12.7 Å². The van der Waals surface area contributed by atoms with Gasteiger partial charge in [-0.25, -0.2) is 8.78 Å². The minimum Gasteiger partial charge on any atom is -0.224 e. The monoisotopic (exact) mass is 520 g/mol. The first kappa shape index (κ1) is 26.7. The van der Waals surface area contributed by atoms with Crippen LogP contribution in [0.3, 0.4) is 0 Å². The number of allylic oxidation sites excluding steroid dienone is 1. The zero-order chi connectivity index (χ0) is 21.1. The van der Waals surface area contributed by atoms with E-state index in [4.69, 9.17) is 0 Å². The Kier molecular flexibility index (Phi) is 8.57. The smallest absolute Gasteiger partial charge is 0.224 e. The van der Waals surface area contributed by atoms with E-state index in [-0.39, 0.29) is 0 Å². The molecule has 0 fully saturated rings. The van der Waals surface area contributed by atoms with Crippen molar-refractivity contribution in [2.75, 3.05) is 4.43 Å². The van der Waals surface area contributed by atoms with Crippen molar-refractivity contribution in [3.63, 3.8) is 0 Å². The van der Waals surface area contributed by atoms with Crippen LogP contribution >= 0.6 is 22.6 Å². The van der Waals surface area contributed by atoms with Crippen LogP contribution in [-0.2, 0) is 0 Å². The lowest BCUT2D eigenvalue weighted by atomic mass is 10.0. The molecule has 0 aromatic heterocycles. The predicted molar refractivity (Wildman–Crippen MR) is 65.6 cm³/mol. The number of alkyl halides is 15. The summed E-state index contributed by atoms with van der Waals surface area (Å²) in [5.74, 6) is 0. The van der Waals surface area contributed by atoms with Crippen LogP contribution in [0.5, 0.6) is 0 Å². The zero-order valence-electron chi connectivity index (χ0n) is 11.4. The molecule has 0 aliphatic rings. The standard InChI is InChI=1S/C5H4F7I.C5H3F7/c6-3(1-2-13,4(7,8)9)5(10,11)12;1-2-3(6,4(7,8)9)5(10,11)12/h1-2H2;2H,1H2. The molecule has 0 unspecified atom stereocenters. The molecule has 0 aliphatic carbocycles. The topological polar surface area (TPSA) is 0 Å². The van der Waals surface area contributed by atoms with Crippen molar-refractivity contribution in [2.24, 2.45) is 0 Å². The molecule has 0 radical (unpaired) electrons. The number of halogens is 15. The molecule has 0 aliphatic heterocycles. The van der Waals surface area contributed by atoms with Gasteiger partial charge in [0.25, 0.3) is 5.67 Å². The van der Waals surface area contributed by atoms with Crippen LogP contribution in [0.1, 0.15) is 6.42 Å². The third-order valence-electron chi connectivity index (χ3n) is 2.44. The molecular formula is C10H7F14I. The molecular weight excluding hydrogens is 513 g/mol. The summed E-state index contributed by atoms with van der Waals surface area (Å²) in [4.78, 5) is 0. The highest BCUT2D eigenvalue weighted by Gasteiger charge is 2.72. The first-order valence-corrected chi connectivity index (χ1v) is 6.99. The Hall–Kier alpha value is -0.510. The van der Waals surface area contributed by atoms with E-state index in [1.165, 1.54) is 22.6 Å². The molecule has 0 rings (SSSR count). The van der Waals surface area contributed by atoms with Gasteiger partial charge in [0.1, 0.15) is 0 Å². The molecule has 0 spiro atoms. The molecule has 0 heterocycles. The SMILES string of the molecule is C=CC(F)(C(F)(F)F)C(F)(F)F.FC(F)(F)C(F)(CCI)C(F)(F)F. The molecule has 0 saturated carbocycles. The zero-order valence-corrected chi connectivity index (χ0v) is 13.5. The molecule has 0 aromatic carbocycles. The lowest BCUT2D eigenvalue weighted by molar-refractivity contribution is -0.341. The lowest BCUT2D eigenvalue weighted by Gasteiger charge is -2.29. The van der Waals surface area contributed by atoms with E-state index >= 15 is 0 Å². The summed E-state index contributed by atoms with van der Waals surface area (Å²) in [6.07, 6.45) is -26.3. The summed E-state index contributed by atoms with van der Waals surface area (Å²) < 4.78 is 163. The second-order valence-corrected chi connectivity index (χ2v) is 5.23. The van der Waals surface area contributed by atoms with Gasteiger partial charge < -0.3 is 0 Å². The van der Waals surface area contributed by atoms with E-state index in [2.05, 4.69) is 6.58 Å². The van der Waals surface area contributed by atoms with E-state index in [1.807, 2.05) is 0 Å². The summed E-state index contributed by atoms with van der Waals surface area (Å²) in [6.45, 7) is 2.15. The highest BCUT2D eigenvalue weighted by molar-refractivity contribution is 14.1. The van der Waals surface area contributed by atoms with Gasteiger partial charge in [-0.05, 0) is 6.08 Å². The fourth-order valence-corrected chi connectivity index (χ4v) is 1.71. The summed E-state index contributed by atoms with van der Waals surface area (Å²) in [6, 6.07) is 0. The molecule has 0 nitrogen and oxygen atoms in total. The molecule has 0 amide bonds. The molecule has 25 heavy (non-hydrogen) atoms. The number of hydrogen-bond donors (Lipinski definition) is 0. The quantitative estimate of drug-likeness (QED) is 0.169. The van der Waals surface area contributed by atoms with Crippen LogP contribution in [0.25, 0.3) is 0 Å². The van der Waals surface area contributed by atoms with Gasteiger partial charge in [-0.1, -0.05) is 29.2 Å². The molecule has 15 heteroatoms. The second-order valence-electron chi connectivity index (χ2n) is 4.15. The van der Waals surface area contributed by atoms with E-state index in [0.717, 1.165) is 0 Å². The van der Waals surface area contributed by atoms with Gasteiger partial charge in [0, 0.05) is 10.8 Å². The van der Waals surface area contributed by atoms with Crippen molar-refractivity contribution in [3.8, 4) is 0 Å². The van der Waals surface area contributed by atoms with Crippen LogP contribution < -0.4 is 0 Å². The van der Waals surface area contributed by atoms with Crippen molar-refractivity contribution < 1.29 is 61.5 Å². The Morgan fingerprint density at radius 1 is 0.600 bits per heavy atom. The van der Waals surface area contributed by atoms with E-state index in [9.17, 15) is 61.5 Å². The van der Waals surface area contributed by atoms with Gasteiger partial charge in [0.2, 0.25) is 0 Å².